The first-order valence-corrected chi connectivity index (χ1v) is 6.89. The molecular weight excluding hydrogens is 244 g/mol. The van der Waals surface area contributed by atoms with E-state index in [-0.39, 0.29) is 6.04 Å². The van der Waals surface area contributed by atoms with Gasteiger partial charge >= 0.3 is 0 Å². The Labute approximate surface area is 119 Å². The lowest BCUT2D eigenvalue weighted by Gasteiger charge is -2.14. The predicted molar refractivity (Wildman–Crippen MR) is 83.6 cm³/mol. The molecule has 1 heterocycles. The van der Waals surface area contributed by atoms with E-state index >= 15 is 0 Å². The summed E-state index contributed by atoms with van der Waals surface area (Å²) in [6, 6.07) is 18.9. The fourth-order valence-corrected chi connectivity index (χ4v) is 2.62. The van der Waals surface area contributed by atoms with Crippen molar-refractivity contribution in [3.05, 3.63) is 77.6 Å². The lowest BCUT2D eigenvalue weighted by Crippen LogP contribution is -2.13. The Morgan fingerprint density at radius 2 is 1.85 bits per heavy atom. The van der Waals surface area contributed by atoms with Crippen molar-refractivity contribution in [3.63, 3.8) is 0 Å². The van der Waals surface area contributed by atoms with Crippen LogP contribution in [0.1, 0.15) is 22.9 Å². The third-order valence-electron chi connectivity index (χ3n) is 3.67. The second-order valence-electron chi connectivity index (χ2n) is 5.18. The third-order valence-corrected chi connectivity index (χ3v) is 3.67. The molecule has 1 aromatic heterocycles. The van der Waals surface area contributed by atoms with E-state index in [1.807, 2.05) is 19.2 Å². The summed E-state index contributed by atoms with van der Waals surface area (Å²) in [5.74, 6) is 0. The molecule has 0 aliphatic rings. The highest BCUT2D eigenvalue weighted by Crippen LogP contribution is 2.23. The molecule has 0 saturated carbocycles. The van der Waals surface area contributed by atoms with Gasteiger partial charge in [0.2, 0.25) is 0 Å². The van der Waals surface area contributed by atoms with Gasteiger partial charge in [-0.05, 0) is 47.4 Å². The highest BCUT2D eigenvalue weighted by Gasteiger charge is 2.09. The monoisotopic (exact) mass is 262 g/mol. The lowest BCUT2D eigenvalue weighted by atomic mass is 9.96. The van der Waals surface area contributed by atoms with Gasteiger partial charge in [0.05, 0.1) is 0 Å². The summed E-state index contributed by atoms with van der Waals surface area (Å²) in [4.78, 5) is 4.22. The van der Waals surface area contributed by atoms with Crippen molar-refractivity contribution in [1.82, 2.24) is 4.98 Å². The average molecular weight is 262 g/mol. The SMILES string of the molecule is Cc1cc(C(N)Cc2cccc3ccccc23)ccn1. The Bertz CT molecular complexity index is 729. The fraction of sp³-hybridized carbons (Fsp3) is 0.167. The van der Waals surface area contributed by atoms with Crippen molar-refractivity contribution in [2.45, 2.75) is 19.4 Å². The van der Waals surface area contributed by atoms with Crippen LogP contribution in [0, 0.1) is 6.92 Å². The van der Waals surface area contributed by atoms with Gasteiger partial charge in [-0.1, -0.05) is 42.5 Å². The molecule has 2 N–H and O–H groups in total. The van der Waals surface area contributed by atoms with Crippen LogP contribution < -0.4 is 5.73 Å². The summed E-state index contributed by atoms with van der Waals surface area (Å²) in [6.07, 6.45) is 2.67. The van der Waals surface area contributed by atoms with Crippen molar-refractivity contribution in [2.24, 2.45) is 5.73 Å². The standard InChI is InChI=1S/C18H18N2/c1-13-11-16(9-10-20-13)18(19)12-15-7-4-6-14-5-2-3-8-17(14)15/h2-11,18H,12,19H2,1H3. The second kappa shape index (κ2) is 5.43. The van der Waals surface area contributed by atoms with Crippen LogP contribution >= 0.6 is 0 Å². The summed E-state index contributed by atoms with van der Waals surface area (Å²) in [7, 11) is 0. The molecule has 0 fully saturated rings. The van der Waals surface area contributed by atoms with Crippen LogP contribution in [-0.4, -0.2) is 4.98 Å². The average Bonchev–Trinajstić information content (AvgIpc) is 2.47. The number of aryl methyl sites for hydroxylation is 1. The largest absolute Gasteiger partial charge is 0.324 e. The van der Waals surface area contributed by atoms with Gasteiger partial charge in [0.25, 0.3) is 0 Å². The molecule has 0 bridgehead atoms. The predicted octanol–water partition coefficient (Wildman–Crippen LogP) is 3.79. The summed E-state index contributed by atoms with van der Waals surface area (Å²) < 4.78 is 0. The summed E-state index contributed by atoms with van der Waals surface area (Å²) in [5, 5.41) is 2.55. The van der Waals surface area contributed by atoms with Gasteiger partial charge < -0.3 is 5.73 Å². The van der Waals surface area contributed by atoms with Gasteiger partial charge in [-0.25, -0.2) is 0 Å². The highest BCUT2D eigenvalue weighted by atomic mass is 14.7. The molecule has 2 nitrogen and oxygen atoms in total. The number of nitrogens with zero attached hydrogens (tertiary/aromatic N) is 1. The van der Waals surface area contributed by atoms with E-state index in [2.05, 4.69) is 53.5 Å². The third kappa shape index (κ3) is 2.56. The molecule has 1 unspecified atom stereocenters. The zero-order valence-electron chi connectivity index (χ0n) is 11.6. The molecule has 2 heteroatoms. The smallest absolute Gasteiger partial charge is 0.0375 e. The van der Waals surface area contributed by atoms with Crippen LogP contribution in [0.25, 0.3) is 10.8 Å². The molecule has 0 spiro atoms. The van der Waals surface area contributed by atoms with Gasteiger partial charge in [-0.2, -0.15) is 0 Å². The van der Waals surface area contributed by atoms with E-state index < -0.39 is 0 Å². The number of aromatic nitrogens is 1. The molecule has 0 amide bonds. The quantitative estimate of drug-likeness (QED) is 0.780. The van der Waals surface area contributed by atoms with Crippen molar-refractivity contribution < 1.29 is 0 Å². The minimum Gasteiger partial charge on any atom is -0.324 e. The van der Waals surface area contributed by atoms with Crippen molar-refractivity contribution in [1.29, 1.82) is 0 Å². The van der Waals surface area contributed by atoms with Crippen LogP contribution in [0.4, 0.5) is 0 Å². The zero-order valence-corrected chi connectivity index (χ0v) is 11.6. The minimum atomic E-state index is 0.00232. The molecule has 20 heavy (non-hydrogen) atoms. The number of benzene rings is 2. The van der Waals surface area contributed by atoms with Gasteiger partial charge in [-0.15, -0.1) is 0 Å². The highest BCUT2D eigenvalue weighted by molar-refractivity contribution is 5.85. The molecular formula is C18H18N2. The Balaban J connectivity index is 1.93. The maximum atomic E-state index is 6.36. The van der Waals surface area contributed by atoms with Gasteiger partial charge in [0, 0.05) is 17.9 Å². The molecule has 3 rings (SSSR count). The number of rotatable bonds is 3. The van der Waals surface area contributed by atoms with E-state index in [9.17, 15) is 0 Å². The molecule has 1 atom stereocenters. The number of hydrogen-bond acceptors (Lipinski definition) is 2. The van der Waals surface area contributed by atoms with E-state index in [4.69, 9.17) is 5.73 Å². The first-order chi connectivity index (χ1) is 9.74. The van der Waals surface area contributed by atoms with E-state index in [1.165, 1.54) is 16.3 Å². The van der Waals surface area contributed by atoms with Crippen LogP contribution in [0.5, 0.6) is 0 Å². The fourth-order valence-electron chi connectivity index (χ4n) is 2.62. The van der Waals surface area contributed by atoms with E-state index in [0.29, 0.717) is 0 Å². The normalized spacial score (nSPS) is 12.5. The van der Waals surface area contributed by atoms with Crippen molar-refractivity contribution in [3.8, 4) is 0 Å². The Morgan fingerprint density at radius 3 is 2.70 bits per heavy atom. The second-order valence-corrected chi connectivity index (χ2v) is 5.18. The van der Waals surface area contributed by atoms with E-state index in [0.717, 1.165) is 17.7 Å². The van der Waals surface area contributed by atoms with Crippen LogP contribution in [0.3, 0.4) is 0 Å². The van der Waals surface area contributed by atoms with Gasteiger partial charge in [0.1, 0.15) is 0 Å². The minimum absolute atomic E-state index is 0.00232. The Kier molecular flexibility index (Phi) is 3.48. The maximum Gasteiger partial charge on any atom is 0.0375 e. The summed E-state index contributed by atoms with van der Waals surface area (Å²) in [6.45, 7) is 1.99. The van der Waals surface area contributed by atoms with Crippen LogP contribution in [0.15, 0.2) is 60.8 Å². The Hall–Kier alpha value is -2.19. The molecule has 0 saturated heterocycles. The number of nitrogens with two attached hydrogens (primary N) is 1. The number of hydrogen-bond donors (Lipinski definition) is 1. The first-order valence-electron chi connectivity index (χ1n) is 6.89. The molecule has 2 aromatic carbocycles. The molecule has 0 radical (unpaired) electrons. The molecule has 0 aliphatic heterocycles. The lowest BCUT2D eigenvalue weighted by molar-refractivity contribution is 0.722. The Morgan fingerprint density at radius 1 is 1.05 bits per heavy atom. The van der Waals surface area contributed by atoms with Crippen molar-refractivity contribution >= 4 is 10.8 Å². The van der Waals surface area contributed by atoms with Crippen LogP contribution in [-0.2, 0) is 6.42 Å². The van der Waals surface area contributed by atoms with E-state index in [1.54, 1.807) is 0 Å². The topological polar surface area (TPSA) is 38.9 Å². The van der Waals surface area contributed by atoms with Gasteiger partial charge in [-0.3, -0.25) is 4.98 Å². The van der Waals surface area contributed by atoms with Crippen molar-refractivity contribution in [2.75, 3.05) is 0 Å². The maximum absolute atomic E-state index is 6.36. The van der Waals surface area contributed by atoms with Crippen LogP contribution in [0.2, 0.25) is 0 Å². The summed E-state index contributed by atoms with van der Waals surface area (Å²) in [5.41, 5.74) is 9.81. The number of pyridine rings is 1. The molecule has 3 aromatic rings. The number of fused-ring (bicyclic) bond motifs is 1. The molecule has 0 aliphatic carbocycles. The summed E-state index contributed by atoms with van der Waals surface area (Å²) >= 11 is 0. The first kappa shape index (κ1) is 12.8. The molecule has 100 valence electrons. The van der Waals surface area contributed by atoms with Gasteiger partial charge in [0.15, 0.2) is 0 Å². The zero-order chi connectivity index (χ0) is 13.9.